The maximum absolute atomic E-state index is 4.52. The summed E-state index contributed by atoms with van der Waals surface area (Å²) in [5.41, 5.74) is 4.79. The van der Waals surface area contributed by atoms with Gasteiger partial charge in [0.2, 0.25) is 0 Å². The van der Waals surface area contributed by atoms with Gasteiger partial charge >= 0.3 is 0 Å². The normalized spacial score (nSPS) is 13.8. The molecule has 0 unspecified atom stereocenters. The molecule has 180 valence electrons. The summed E-state index contributed by atoms with van der Waals surface area (Å²) in [6, 6.07) is 23.3. The molecule has 1 fully saturated rings. The summed E-state index contributed by atoms with van der Waals surface area (Å²) in [5, 5.41) is 12.5. The van der Waals surface area contributed by atoms with E-state index >= 15 is 0 Å². The van der Waals surface area contributed by atoms with Crippen molar-refractivity contribution in [3.8, 4) is 11.3 Å². The molecule has 0 spiro atoms. The van der Waals surface area contributed by atoms with Gasteiger partial charge in [-0.1, -0.05) is 67.6 Å². The van der Waals surface area contributed by atoms with Crippen LogP contribution in [0.4, 0.5) is 5.82 Å². The fourth-order valence-corrected chi connectivity index (χ4v) is 4.30. The Morgan fingerprint density at radius 3 is 2.18 bits per heavy atom. The highest BCUT2D eigenvalue weighted by atomic mass is 35.5. The molecule has 2 aromatic carbocycles. The third kappa shape index (κ3) is 8.27. The van der Waals surface area contributed by atoms with E-state index < -0.39 is 0 Å². The molecule has 0 saturated carbocycles. The molecule has 33 heavy (non-hydrogen) atoms. The van der Waals surface area contributed by atoms with E-state index in [4.69, 9.17) is 0 Å². The Balaban J connectivity index is 0.00000181. The fourth-order valence-electron chi connectivity index (χ4n) is 4.30. The van der Waals surface area contributed by atoms with Gasteiger partial charge in [0.05, 0.1) is 5.69 Å². The van der Waals surface area contributed by atoms with E-state index in [1.165, 1.54) is 43.5 Å². The zero-order chi connectivity index (χ0) is 20.6. The Labute approximate surface area is 210 Å². The van der Waals surface area contributed by atoms with Crippen LogP contribution < -0.4 is 5.32 Å². The van der Waals surface area contributed by atoms with Gasteiger partial charge in [-0.15, -0.1) is 35.0 Å². The first kappa shape index (κ1) is 28.9. The SMILES string of the molecule is CCc1cc(NCCC2CCN(Cc3ccccc3)CC2)nnc1-c1ccccc1.Cl.Cl.O. The minimum Gasteiger partial charge on any atom is -0.412 e. The molecule has 1 aromatic heterocycles. The molecule has 7 heteroatoms. The minimum atomic E-state index is 0. The molecule has 1 aliphatic rings. The molecule has 1 aliphatic heterocycles. The number of anilines is 1. The summed E-state index contributed by atoms with van der Waals surface area (Å²) >= 11 is 0. The van der Waals surface area contributed by atoms with Crippen molar-refractivity contribution < 1.29 is 5.48 Å². The predicted molar refractivity (Wildman–Crippen MR) is 143 cm³/mol. The van der Waals surface area contributed by atoms with E-state index in [0.29, 0.717) is 0 Å². The molecule has 3 N–H and O–H groups in total. The van der Waals surface area contributed by atoms with Gasteiger partial charge in [0.15, 0.2) is 0 Å². The van der Waals surface area contributed by atoms with E-state index in [-0.39, 0.29) is 30.3 Å². The van der Waals surface area contributed by atoms with E-state index in [2.05, 4.69) is 75.9 Å². The zero-order valence-corrected chi connectivity index (χ0v) is 20.9. The molecule has 0 aliphatic carbocycles. The summed E-state index contributed by atoms with van der Waals surface area (Å²) in [7, 11) is 0. The number of nitrogens with one attached hydrogen (secondary N) is 1. The highest BCUT2D eigenvalue weighted by Crippen LogP contribution is 2.24. The molecule has 0 amide bonds. The second-order valence-electron chi connectivity index (χ2n) is 8.24. The summed E-state index contributed by atoms with van der Waals surface area (Å²) in [6.07, 6.45) is 4.72. The van der Waals surface area contributed by atoms with Gasteiger partial charge in [-0.3, -0.25) is 4.90 Å². The minimum absolute atomic E-state index is 0. The van der Waals surface area contributed by atoms with Crippen LogP contribution in [0.2, 0.25) is 0 Å². The molecule has 1 saturated heterocycles. The van der Waals surface area contributed by atoms with Crippen molar-refractivity contribution in [1.82, 2.24) is 15.1 Å². The topological polar surface area (TPSA) is 72.5 Å². The van der Waals surface area contributed by atoms with E-state index in [0.717, 1.165) is 42.5 Å². The van der Waals surface area contributed by atoms with Crippen LogP contribution in [0.1, 0.15) is 37.3 Å². The highest BCUT2D eigenvalue weighted by molar-refractivity contribution is 5.85. The maximum Gasteiger partial charge on any atom is 0.148 e. The third-order valence-electron chi connectivity index (χ3n) is 6.12. The Morgan fingerprint density at radius 2 is 1.55 bits per heavy atom. The summed E-state index contributed by atoms with van der Waals surface area (Å²) < 4.78 is 0. The number of aromatic nitrogens is 2. The largest absolute Gasteiger partial charge is 0.412 e. The highest BCUT2D eigenvalue weighted by Gasteiger charge is 2.19. The molecular weight excluding hydrogens is 455 g/mol. The smallest absolute Gasteiger partial charge is 0.148 e. The van der Waals surface area contributed by atoms with Gasteiger partial charge < -0.3 is 10.8 Å². The van der Waals surface area contributed by atoms with E-state index in [1.807, 2.05) is 18.2 Å². The van der Waals surface area contributed by atoms with Crippen molar-refractivity contribution in [2.45, 2.75) is 39.2 Å². The monoisotopic (exact) mass is 490 g/mol. The van der Waals surface area contributed by atoms with Gasteiger partial charge in [0.1, 0.15) is 5.82 Å². The summed E-state index contributed by atoms with van der Waals surface area (Å²) in [4.78, 5) is 2.58. The standard InChI is InChI=1S/C26H32N4.2ClH.H2O/c1-2-23-19-25(28-29-26(23)24-11-7-4-8-12-24)27-16-13-21-14-17-30(18-15-21)20-22-9-5-3-6-10-22;;;/h3-12,19,21H,2,13-18,20H2,1H3,(H,27,28);2*1H;1H2. The lowest BCUT2D eigenvalue weighted by Gasteiger charge is -2.32. The number of piperidine rings is 1. The van der Waals surface area contributed by atoms with Crippen LogP contribution >= 0.6 is 24.8 Å². The van der Waals surface area contributed by atoms with Gasteiger partial charge in [-0.25, -0.2) is 0 Å². The zero-order valence-electron chi connectivity index (χ0n) is 19.2. The van der Waals surface area contributed by atoms with Crippen molar-refractivity contribution in [1.29, 1.82) is 0 Å². The Hall–Kier alpha value is -2.18. The van der Waals surface area contributed by atoms with Crippen molar-refractivity contribution in [3.05, 3.63) is 77.9 Å². The van der Waals surface area contributed by atoms with Crippen LogP contribution in [0.5, 0.6) is 0 Å². The van der Waals surface area contributed by atoms with Crippen LogP contribution in [-0.4, -0.2) is 40.2 Å². The predicted octanol–water partition coefficient (Wildman–Crippen LogP) is 5.44. The van der Waals surface area contributed by atoms with E-state index in [9.17, 15) is 0 Å². The Kier molecular flexibility index (Phi) is 13.0. The number of halogens is 2. The first-order chi connectivity index (χ1) is 14.8. The Bertz CT molecular complexity index is 920. The second-order valence-corrected chi connectivity index (χ2v) is 8.24. The van der Waals surface area contributed by atoms with Crippen LogP contribution in [0.3, 0.4) is 0 Å². The molecule has 5 nitrogen and oxygen atoms in total. The Morgan fingerprint density at radius 1 is 0.909 bits per heavy atom. The molecule has 0 bridgehead atoms. The van der Waals surface area contributed by atoms with Crippen molar-refractivity contribution in [2.24, 2.45) is 5.92 Å². The quantitative estimate of drug-likeness (QED) is 0.456. The van der Waals surface area contributed by atoms with Gasteiger partial charge in [0, 0.05) is 18.7 Å². The van der Waals surface area contributed by atoms with Gasteiger partial charge in [-0.2, -0.15) is 0 Å². The third-order valence-corrected chi connectivity index (χ3v) is 6.12. The van der Waals surface area contributed by atoms with E-state index in [1.54, 1.807) is 0 Å². The number of aryl methyl sites for hydroxylation is 1. The maximum atomic E-state index is 4.52. The van der Waals surface area contributed by atoms with Crippen LogP contribution in [0.15, 0.2) is 66.7 Å². The van der Waals surface area contributed by atoms with Crippen LogP contribution in [0, 0.1) is 5.92 Å². The first-order valence-electron chi connectivity index (χ1n) is 11.2. The molecular formula is C26H36Cl2N4O. The first-order valence-corrected chi connectivity index (χ1v) is 11.2. The number of likely N-dealkylation sites (tertiary alicyclic amines) is 1. The van der Waals surface area contributed by atoms with Crippen molar-refractivity contribution in [2.75, 3.05) is 25.0 Å². The average Bonchev–Trinajstić information content (AvgIpc) is 2.81. The average molecular weight is 492 g/mol. The van der Waals surface area contributed by atoms with Crippen molar-refractivity contribution in [3.63, 3.8) is 0 Å². The number of benzene rings is 2. The lowest BCUT2D eigenvalue weighted by atomic mass is 9.93. The molecule has 4 rings (SSSR count). The number of hydrogen-bond acceptors (Lipinski definition) is 4. The molecule has 0 radical (unpaired) electrons. The molecule has 0 atom stereocenters. The van der Waals surface area contributed by atoms with Crippen LogP contribution in [0.25, 0.3) is 11.3 Å². The number of rotatable bonds is 8. The number of hydrogen-bond donors (Lipinski definition) is 1. The van der Waals surface area contributed by atoms with Crippen molar-refractivity contribution >= 4 is 30.6 Å². The molecule has 3 aromatic rings. The second kappa shape index (κ2) is 14.9. The van der Waals surface area contributed by atoms with Crippen LogP contribution in [-0.2, 0) is 13.0 Å². The lowest BCUT2D eigenvalue weighted by molar-refractivity contribution is 0.174. The lowest BCUT2D eigenvalue weighted by Crippen LogP contribution is -2.33. The number of nitrogens with zero attached hydrogens (tertiary/aromatic N) is 3. The van der Waals surface area contributed by atoms with Gasteiger partial charge in [0.25, 0.3) is 0 Å². The summed E-state index contributed by atoms with van der Waals surface area (Å²) in [6.45, 7) is 6.62. The summed E-state index contributed by atoms with van der Waals surface area (Å²) in [5.74, 6) is 1.69. The fraction of sp³-hybridized carbons (Fsp3) is 0.385. The molecule has 2 heterocycles. The van der Waals surface area contributed by atoms with Gasteiger partial charge in [-0.05, 0) is 61.9 Å².